The fraction of sp³-hybridized carbons (Fsp3) is 0.867. The summed E-state index contributed by atoms with van der Waals surface area (Å²) in [6.07, 6.45) is 3.85. The molecule has 0 radical (unpaired) electrons. The lowest BCUT2D eigenvalue weighted by Crippen LogP contribution is -2.48. The molecular formula is C15H32IN5O3S. The maximum absolute atomic E-state index is 11.8. The molecule has 1 heterocycles. The number of nitrogens with zero attached hydrogens (tertiary/aromatic N) is 3. The molecule has 1 fully saturated rings. The van der Waals surface area contributed by atoms with Crippen molar-refractivity contribution >= 4 is 45.9 Å². The van der Waals surface area contributed by atoms with E-state index in [4.69, 9.17) is 0 Å². The Morgan fingerprint density at radius 3 is 2.56 bits per heavy atom. The summed E-state index contributed by atoms with van der Waals surface area (Å²) in [5.74, 6) is 0.457. The molecule has 25 heavy (non-hydrogen) atoms. The minimum atomic E-state index is -3.19. The zero-order chi connectivity index (χ0) is 18.3. The van der Waals surface area contributed by atoms with Gasteiger partial charge in [-0.2, -0.15) is 4.31 Å². The average molecular weight is 489 g/mol. The Hall–Kier alpha value is -0.620. The summed E-state index contributed by atoms with van der Waals surface area (Å²) in [6.45, 7) is 5.19. The highest BCUT2D eigenvalue weighted by molar-refractivity contribution is 14.0. The van der Waals surface area contributed by atoms with Crippen LogP contribution in [0, 0.1) is 0 Å². The van der Waals surface area contributed by atoms with Gasteiger partial charge >= 0.3 is 0 Å². The molecule has 2 atom stereocenters. The zero-order valence-electron chi connectivity index (χ0n) is 15.8. The summed E-state index contributed by atoms with van der Waals surface area (Å²) in [4.78, 5) is 17.5. The standard InChI is InChI=1S/C15H31N5O3S.HI/c1-6-12(2)18-15(17-11-14(21)19(3)4)16-10-13-8-7-9-20(13)24(5,22)23;/h12-13H,6-11H2,1-5H3,(H2,16,17,18);1H/t12?,13-;/m1./s1. The van der Waals surface area contributed by atoms with Crippen LogP contribution in [-0.4, -0.2) is 81.6 Å². The number of halogens is 1. The van der Waals surface area contributed by atoms with Crippen molar-refractivity contribution in [2.75, 3.05) is 40.0 Å². The minimum absolute atomic E-state index is 0. The molecule has 0 saturated carbocycles. The summed E-state index contributed by atoms with van der Waals surface area (Å²) in [6, 6.07) is 0.133. The number of aliphatic imine (C=N–C) groups is 1. The predicted molar refractivity (Wildman–Crippen MR) is 112 cm³/mol. The summed E-state index contributed by atoms with van der Waals surface area (Å²) in [7, 11) is 0.188. The van der Waals surface area contributed by atoms with Crippen molar-refractivity contribution in [3.8, 4) is 0 Å². The van der Waals surface area contributed by atoms with E-state index in [1.807, 2.05) is 6.92 Å². The lowest BCUT2D eigenvalue weighted by atomic mass is 10.2. The topological polar surface area (TPSA) is 94.1 Å². The Bertz CT molecular complexity index is 553. The van der Waals surface area contributed by atoms with E-state index in [0.29, 0.717) is 19.0 Å². The highest BCUT2D eigenvalue weighted by Gasteiger charge is 2.31. The predicted octanol–water partition coefficient (Wildman–Crippen LogP) is 0.450. The Kier molecular flexibility index (Phi) is 10.9. The Labute approximate surface area is 168 Å². The first-order valence-corrected chi connectivity index (χ1v) is 10.2. The molecule has 0 aromatic carbocycles. The number of hydrogen-bond acceptors (Lipinski definition) is 4. The summed E-state index contributed by atoms with van der Waals surface area (Å²) in [5.41, 5.74) is 0. The van der Waals surface area contributed by atoms with Gasteiger partial charge in [0.2, 0.25) is 15.9 Å². The van der Waals surface area contributed by atoms with Gasteiger partial charge in [-0.1, -0.05) is 6.92 Å². The average Bonchev–Trinajstić information content (AvgIpc) is 2.97. The number of hydrogen-bond donors (Lipinski definition) is 2. The lowest BCUT2D eigenvalue weighted by molar-refractivity contribution is -0.127. The number of nitrogens with one attached hydrogen (secondary N) is 2. The van der Waals surface area contributed by atoms with E-state index >= 15 is 0 Å². The van der Waals surface area contributed by atoms with Gasteiger partial charge in [0, 0.05) is 39.3 Å². The van der Waals surface area contributed by atoms with Crippen LogP contribution in [0.25, 0.3) is 0 Å². The van der Waals surface area contributed by atoms with Crippen molar-refractivity contribution in [3.05, 3.63) is 0 Å². The smallest absolute Gasteiger partial charge is 0.243 e. The third-order valence-corrected chi connectivity index (χ3v) is 5.45. The molecule has 1 rings (SSSR count). The van der Waals surface area contributed by atoms with Crippen LogP contribution in [0.1, 0.15) is 33.1 Å². The number of carbonyl (C=O) groups is 1. The van der Waals surface area contributed by atoms with Crippen LogP contribution < -0.4 is 10.6 Å². The van der Waals surface area contributed by atoms with E-state index in [9.17, 15) is 13.2 Å². The highest BCUT2D eigenvalue weighted by Crippen LogP contribution is 2.19. The second-order valence-corrected chi connectivity index (χ2v) is 8.39. The molecule has 0 aromatic heterocycles. The van der Waals surface area contributed by atoms with Crippen molar-refractivity contribution in [2.45, 2.75) is 45.2 Å². The fourth-order valence-electron chi connectivity index (χ4n) is 2.44. The molecule has 10 heteroatoms. The van der Waals surface area contributed by atoms with Crippen molar-refractivity contribution in [1.29, 1.82) is 0 Å². The number of guanidine groups is 1. The van der Waals surface area contributed by atoms with Crippen LogP contribution in [0.4, 0.5) is 0 Å². The number of amides is 1. The van der Waals surface area contributed by atoms with Crippen LogP contribution in [0.5, 0.6) is 0 Å². The van der Waals surface area contributed by atoms with Crippen molar-refractivity contribution in [1.82, 2.24) is 19.8 Å². The van der Waals surface area contributed by atoms with Gasteiger partial charge in [0.1, 0.15) is 6.54 Å². The number of rotatable bonds is 7. The normalized spacial score (nSPS) is 19.9. The first-order chi connectivity index (χ1) is 11.1. The number of sulfonamides is 1. The van der Waals surface area contributed by atoms with E-state index in [1.165, 1.54) is 15.5 Å². The quantitative estimate of drug-likeness (QED) is 0.308. The Morgan fingerprint density at radius 2 is 2.04 bits per heavy atom. The first-order valence-electron chi connectivity index (χ1n) is 8.37. The van der Waals surface area contributed by atoms with E-state index in [2.05, 4.69) is 22.5 Å². The van der Waals surface area contributed by atoms with Crippen LogP contribution in [0.15, 0.2) is 4.99 Å². The second-order valence-electron chi connectivity index (χ2n) is 6.46. The molecular weight excluding hydrogens is 457 g/mol. The molecule has 1 aliphatic heterocycles. The summed E-state index contributed by atoms with van der Waals surface area (Å²) in [5, 5.41) is 6.42. The third kappa shape index (κ3) is 8.54. The number of likely N-dealkylation sites (N-methyl/N-ethyl adjacent to an activating group) is 1. The van der Waals surface area contributed by atoms with E-state index in [0.717, 1.165) is 19.3 Å². The van der Waals surface area contributed by atoms with E-state index in [-0.39, 0.29) is 48.5 Å². The maximum Gasteiger partial charge on any atom is 0.243 e. The van der Waals surface area contributed by atoms with Crippen LogP contribution in [0.2, 0.25) is 0 Å². The Morgan fingerprint density at radius 1 is 1.40 bits per heavy atom. The minimum Gasteiger partial charge on any atom is -0.355 e. The molecule has 2 N–H and O–H groups in total. The van der Waals surface area contributed by atoms with E-state index < -0.39 is 10.0 Å². The summed E-state index contributed by atoms with van der Waals surface area (Å²) < 4.78 is 25.1. The van der Waals surface area contributed by atoms with Gasteiger partial charge in [-0.15, -0.1) is 24.0 Å². The van der Waals surface area contributed by atoms with Crippen molar-refractivity contribution < 1.29 is 13.2 Å². The molecule has 1 aliphatic rings. The molecule has 1 saturated heterocycles. The van der Waals surface area contributed by atoms with Crippen LogP contribution >= 0.6 is 24.0 Å². The van der Waals surface area contributed by atoms with Crippen LogP contribution in [-0.2, 0) is 14.8 Å². The zero-order valence-corrected chi connectivity index (χ0v) is 18.9. The maximum atomic E-state index is 11.8. The second kappa shape index (κ2) is 11.2. The first kappa shape index (κ1) is 24.4. The van der Waals surface area contributed by atoms with Gasteiger partial charge in [-0.25, -0.2) is 13.4 Å². The van der Waals surface area contributed by atoms with Gasteiger partial charge in [0.15, 0.2) is 5.96 Å². The van der Waals surface area contributed by atoms with E-state index in [1.54, 1.807) is 14.1 Å². The van der Waals surface area contributed by atoms with Gasteiger partial charge in [0.05, 0.1) is 6.26 Å². The molecule has 0 bridgehead atoms. The van der Waals surface area contributed by atoms with Crippen molar-refractivity contribution in [3.63, 3.8) is 0 Å². The fourth-order valence-corrected chi connectivity index (χ4v) is 3.62. The molecule has 0 aromatic rings. The lowest BCUT2D eigenvalue weighted by Gasteiger charge is -2.24. The Balaban J connectivity index is 0.00000576. The SMILES string of the molecule is CCC(C)NC(=NCC(=O)N(C)C)NC[C@H]1CCCN1S(C)(=O)=O.I. The monoisotopic (exact) mass is 489 g/mol. The molecule has 148 valence electrons. The van der Waals surface area contributed by atoms with Gasteiger partial charge in [-0.05, 0) is 26.2 Å². The van der Waals surface area contributed by atoms with Gasteiger partial charge in [-0.3, -0.25) is 4.79 Å². The molecule has 8 nitrogen and oxygen atoms in total. The van der Waals surface area contributed by atoms with Crippen molar-refractivity contribution in [2.24, 2.45) is 4.99 Å². The highest BCUT2D eigenvalue weighted by atomic mass is 127. The molecule has 0 aliphatic carbocycles. The molecule has 1 unspecified atom stereocenters. The third-order valence-electron chi connectivity index (χ3n) is 4.12. The largest absolute Gasteiger partial charge is 0.355 e. The number of carbonyl (C=O) groups excluding carboxylic acids is 1. The van der Waals surface area contributed by atoms with Crippen LogP contribution in [0.3, 0.4) is 0 Å². The molecule has 0 spiro atoms. The molecule has 1 amide bonds. The van der Waals surface area contributed by atoms with Gasteiger partial charge < -0.3 is 15.5 Å². The summed E-state index contributed by atoms with van der Waals surface area (Å²) >= 11 is 0. The van der Waals surface area contributed by atoms with Gasteiger partial charge in [0.25, 0.3) is 0 Å².